The Morgan fingerprint density at radius 1 is 1.09 bits per heavy atom. The third-order valence-corrected chi connectivity index (χ3v) is 5.98. The predicted molar refractivity (Wildman–Crippen MR) is 132 cm³/mol. The lowest BCUT2D eigenvalue weighted by atomic mass is 10.0. The minimum Gasteiger partial charge on any atom is -0.497 e. The van der Waals surface area contributed by atoms with Crippen LogP contribution < -0.4 is 10.1 Å². The molecular weight excluding hydrogens is 398 g/mol. The highest BCUT2D eigenvalue weighted by atomic mass is 16.5. The Morgan fingerprint density at radius 2 is 1.81 bits per heavy atom. The van der Waals surface area contributed by atoms with Gasteiger partial charge in [-0.15, -0.1) is 0 Å². The minimum atomic E-state index is -0.0481. The first kappa shape index (κ1) is 23.7. The van der Waals surface area contributed by atoms with Crippen molar-refractivity contribution < 1.29 is 9.53 Å². The molecule has 0 spiro atoms. The molecule has 1 unspecified atom stereocenters. The zero-order chi connectivity index (χ0) is 23.1. The second-order valence-corrected chi connectivity index (χ2v) is 8.35. The van der Waals surface area contributed by atoms with Crippen LogP contribution in [0.25, 0.3) is 22.2 Å². The second-order valence-electron chi connectivity index (χ2n) is 8.35. The van der Waals surface area contributed by atoms with Crippen LogP contribution in [0.1, 0.15) is 49.5 Å². The van der Waals surface area contributed by atoms with Crippen molar-refractivity contribution in [3.63, 3.8) is 0 Å². The normalized spacial score (nSPS) is 12.2. The molecule has 32 heavy (non-hydrogen) atoms. The summed E-state index contributed by atoms with van der Waals surface area (Å²) in [5, 5.41) is 4.09. The lowest BCUT2D eigenvalue weighted by molar-refractivity contribution is 0.0939. The molecule has 0 fully saturated rings. The molecule has 3 aromatic rings. The molecule has 0 saturated heterocycles. The molecule has 1 atom stereocenters. The third kappa shape index (κ3) is 5.86. The summed E-state index contributed by atoms with van der Waals surface area (Å²) in [5.41, 5.74) is 4.33. The number of methoxy groups -OCH3 is 1. The lowest BCUT2D eigenvalue weighted by Crippen LogP contribution is -2.34. The van der Waals surface area contributed by atoms with Gasteiger partial charge in [0.25, 0.3) is 5.91 Å². The summed E-state index contributed by atoms with van der Waals surface area (Å²) in [6, 6.07) is 15.8. The average Bonchev–Trinajstić information content (AvgIpc) is 2.81. The Labute approximate surface area is 191 Å². The van der Waals surface area contributed by atoms with Gasteiger partial charge in [-0.1, -0.05) is 25.5 Å². The molecular formula is C27H35N3O2. The van der Waals surface area contributed by atoms with E-state index < -0.39 is 0 Å². The zero-order valence-electron chi connectivity index (χ0n) is 19.9. The van der Waals surface area contributed by atoms with Crippen molar-refractivity contribution in [1.29, 1.82) is 0 Å². The molecule has 5 heteroatoms. The number of ether oxygens (including phenoxy) is 1. The summed E-state index contributed by atoms with van der Waals surface area (Å²) in [4.78, 5) is 20.5. The van der Waals surface area contributed by atoms with Gasteiger partial charge in [-0.25, -0.2) is 4.98 Å². The second kappa shape index (κ2) is 11.1. The summed E-state index contributed by atoms with van der Waals surface area (Å²) < 4.78 is 5.27. The number of aromatic nitrogens is 1. The molecule has 1 N–H and O–H groups in total. The molecule has 1 amide bonds. The van der Waals surface area contributed by atoms with Crippen molar-refractivity contribution in [3.8, 4) is 17.0 Å². The van der Waals surface area contributed by atoms with E-state index in [1.807, 2.05) is 55.5 Å². The summed E-state index contributed by atoms with van der Waals surface area (Å²) >= 11 is 0. The van der Waals surface area contributed by atoms with E-state index in [1.54, 1.807) is 7.11 Å². The van der Waals surface area contributed by atoms with Gasteiger partial charge in [0, 0.05) is 17.0 Å². The highest BCUT2D eigenvalue weighted by molar-refractivity contribution is 6.07. The maximum absolute atomic E-state index is 13.3. The summed E-state index contributed by atoms with van der Waals surface area (Å²) in [6.45, 7) is 11.7. The molecule has 0 aliphatic carbocycles. The van der Waals surface area contributed by atoms with Crippen LogP contribution in [0.2, 0.25) is 0 Å². The van der Waals surface area contributed by atoms with Crippen molar-refractivity contribution >= 4 is 16.8 Å². The van der Waals surface area contributed by atoms with Crippen molar-refractivity contribution in [2.24, 2.45) is 0 Å². The quantitative estimate of drug-likeness (QED) is 0.461. The molecule has 0 radical (unpaired) electrons. The number of amides is 1. The fourth-order valence-corrected chi connectivity index (χ4v) is 3.97. The molecule has 3 rings (SSSR count). The molecule has 1 heterocycles. The molecule has 170 valence electrons. The number of fused-ring (bicyclic) bond motifs is 1. The van der Waals surface area contributed by atoms with Crippen LogP contribution in [0.3, 0.4) is 0 Å². The van der Waals surface area contributed by atoms with Crippen molar-refractivity contribution in [1.82, 2.24) is 15.2 Å². The number of benzene rings is 2. The molecule has 5 nitrogen and oxygen atoms in total. The molecule has 0 bridgehead atoms. The summed E-state index contributed by atoms with van der Waals surface area (Å²) in [5.74, 6) is 0.745. The van der Waals surface area contributed by atoms with Crippen LogP contribution in [0.15, 0.2) is 48.5 Å². The zero-order valence-corrected chi connectivity index (χ0v) is 19.9. The first-order valence-electron chi connectivity index (χ1n) is 11.5. The van der Waals surface area contributed by atoms with Crippen LogP contribution in [0.5, 0.6) is 5.75 Å². The van der Waals surface area contributed by atoms with E-state index in [-0.39, 0.29) is 11.9 Å². The lowest BCUT2D eigenvalue weighted by Gasteiger charge is -2.20. The fraction of sp³-hybridized carbons (Fsp3) is 0.407. The largest absolute Gasteiger partial charge is 0.497 e. The Kier molecular flexibility index (Phi) is 8.23. The van der Waals surface area contributed by atoms with Crippen LogP contribution >= 0.6 is 0 Å². The highest BCUT2D eigenvalue weighted by Gasteiger charge is 2.16. The molecule has 2 aromatic carbocycles. The van der Waals surface area contributed by atoms with E-state index in [1.165, 1.54) is 0 Å². The Bertz CT molecular complexity index is 1040. The van der Waals surface area contributed by atoms with E-state index in [2.05, 4.69) is 31.0 Å². The number of nitrogens with one attached hydrogen (secondary N) is 1. The van der Waals surface area contributed by atoms with Crippen molar-refractivity contribution in [2.45, 2.75) is 46.6 Å². The SMILES string of the molecule is CCN(CC)CCCC(C)NC(=O)c1cc(-c2ccc(OC)cc2)nc2ccc(C)cc12. The molecule has 1 aromatic heterocycles. The van der Waals surface area contributed by atoms with E-state index >= 15 is 0 Å². The number of pyridine rings is 1. The fourth-order valence-electron chi connectivity index (χ4n) is 3.97. The number of aryl methyl sites for hydroxylation is 1. The molecule has 0 aliphatic heterocycles. The van der Waals surface area contributed by atoms with E-state index in [0.717, 1.165) is 65.9 Å². The van der Waals surface area contributed by atoms with Gasteiger partial charge in [-0.3, -0.25) is 4.79 Å². The minimum absolute atomic E-state index is 0.0481. The van der Waals surface area contributed by atoms with Crippen molar-refractivity contribution in [3.05, 3.63) is 59.7 Å². The number of carbonyl (C=O) groups excluding carboxylic acids is 1. The Morgan fingerprint density at radius 3 is 2.47 bits per heavy atom. The van der Waals surface area contributed by atoms with Gasteiger partial charge in [0.1, 0.15) is 5.75 Å². The smallest absolute Gasteiger partial charge is 0.252 e. The van der Waals surface area contributed by atoms with E-state index in [0.29, 0.717) is 5.56 Å². The van der Waals surface area contributed by atoms with Crippen LogP contribution in [-0.4, -0.2) is 48.6 Å². The number of hydrogen-bond donors (Lipinski definition) is 1. The number of carbonyl (C=O) groups is 1. The van der Waals surface area contributed by atoms with Gasteiger partial charge in [-0.05, 0) is 88.8 Å². The number of hydrogen-bond acceptors (Lipinski definition) is 4. The maximum atomic E-state index is 13.3. The van der Waals surface area contributed by atoms with E-state index in [9.17, 15) is 4.79 Å². The first-order valence-corrected chi connectivity index (χ1v) is 11.5. The highest BCUT2D eigenvalue weighted by Crippen LogP contribution is 2.27. The van der Waals surface area contributed by atoms with Crippen molar-refractivity contribution in [2.75, 3.05) is 26.7 Å². The predicted octanol–water partition coefficient (Wildman–Crippen LogP) is 5.46. The van der Waals surface area contributed by atoms with Crippen LogP contribution in [0, 0.1) is 6.92 Å². The van der Waals surface area contributed by atoms with Crippen LogP contribution in [-0.2, 0) is 0 Å². The third-order valence-electron chi connectivity index (χ3n) is 5.98. The van der Waals surface area contributed by atoms with E-state index in [4.69, 9.17) is 9.72 Å². The van der Waals surface area contributed by atoms with Gasteiger partial charge in [0.05, 0.1) is 23.9 Å². The monoisotopic (exact) mass is 433 g/mol. The Hall–Kier alpha value is -2.92. The topological polar surface area (TPSA) is 54.5 Å². The van der Waals surface area contributed by atoms with Gasteiger partial charge in [-0.2, -0.15) is 0 Å². The first-order chi connectivity index (χ1) is 15.4. The van der Waals surface area contributed by atoms with Gasteiger partial charge in [0.15, 0.2) is 0 Å². The average molecular weight is 434 g/mol. The van der Waals surface area contributed by atoms with Crippen LogP contribution in [0.4, 0.5) is 0 Å². The standard InChI is InChI=1S/C27H35N3O2/c1-6-30(7-2)16-8-9-20(4)28-27(31)24-18-26(21-11-13-22(32-5)14-12-21)29-25-15-10-19(3)17-23(24)25/h10-15,17-18,20H,6-9,16H2,1-5H3,(H,28,31). The number of rotatable bonds is 10. The maximum Gasteiger partial charge on any atom is 0.252 e. The molecule has 0 aliphatic rings. The number of nitrogens with zero attached hydrogens (tertiary/aromatic N) is 2. The Balaban J connectivity index is 1.84. The summed E-state index contributed by atoms with van der Waals surface area (Å²) in [7, 11) is 1.65. The van der Waals surface area contributed by atoms with Gasteiger partial charge >= 0.3 is 0 Å². The van der Waals surface area contributed by atoms with Gasteiger partial charge < -0.3 is 15.0 Å². The van der Waals surface area contributed by atoms with Gasteiger partial charge in [0.2, 0.25) is 0 Å². The molecule has 0 saturated carbocycles. The summed E-state index contributed by atoms with van der Waals surface area (Å²) in [6.07, 6.45) is 2.02.